The summed E-state index contributed by atoms with van der Waals surface area (Å²) in [4.78, 5) is 52.0. The number of esters is 1. The van der Waals surface area contributed by atoms with E-state index in [0.717, 1.165) is 0 Å². The number of ether oxygens (including phenoxy) is 1. The molecule has 0 aliphatic carbocycles. The lowest BCUT2D eigenvalue weighted by Gasteiger charge is -2.34. The second-order valence-electron chi connectivity index (χ2n) is 6.71. The van der Waals surface area contributed by atoms with E-state index in [1.807, 2.05) is 0 Å². The molecule has 0 atom stereocenters. The van der Waals surface area contributed by atoms with Gasteiger partial charge in [0.15, 0.2) is 12.4 Å². The van der Waals surface area contributed by atoms with Gasteiger partial charge in [-0.3, -0.25) is 9.59 Å². The summed E-state index contributed by atoms with van der Waals surface area (Å²) >= 11 is 0. The molecular weight excluding hydrogens is 392 g/mol. The lowest BCUT2D eigenvalue weighted by atomic mass is 10.2. The Labute approximate surface area is 170 Å². The van der Waals surface area contributed by atoms with Gasteiger partial charge in [0.25, 0.3) is 11.8 Å². The first-order chi connectivity index (χ1) is 14.5. The molecule has 3 heterocycles. The molecule has 0 saturated carbocycles. The lowest BCUT2D eigenvalue weighted by Crippen LogP contribution is -2.51. The van der Waals surface area contributed by atoms with E-state index in [2.05, 4.69) is 0 Å². The number of para-hydroxylation sites is 1. The number of rotatable bonds is 4. The van der Waals surface area contributed by atoms with Gasteiger partial charge in [-0.2, -0.15) is 0 Å². The molecule has 0 bridgehead atoms. The average Bonchev–Trinajstić information content (AvgIpc) is 3.31. The van der Waals surface area contributed by atoms with Crippen molar-refractivity contribution in [3.8, 4) is 0 Å². The zero-order valence-electron chi connectivity index (χ0n) is 15.9. The number of carbonyl (C=O) groups is 3. The van der Waals surface area contributed by atoms with Crippen LogP contribution in [0.2, 0.25) is 0 Å². The summed E-state index contributed by atoms with van der Waals surface area (Å²) < 4.78 is 15.2. The molecule has 2 amide bonds. The number of piperazine rings is 1. The van der Waals surface area contributed by atoms with Gasteiger partial charge in [-0.1, -0.05) is 18.2 Å². The second kappa shape index (κ2) is 8.24. The van der Waals surface area contributed by atoms with Crippen molar-refractivity contribution in [3.63, 3.8) is 0 Å². The van der Waals surface area contributed by atoms with E-state index in [4.69, 9.17) is 13.6 Å². The number of furan rings is 1. The summed E-state index contributed by atoms with van der Waals surface area (Å²) in [6.45, 7) is 0.792. The molecule has 3 aromatic rings. The summed E-state index contributed by atoms with van der Waals surface area (Å²) in [7, 11) is 0. The molecule has 154 valence electrons. The Bertz CT molecular complexity index is 1140. The van der Waals surface area contributed by atoms with Crippen LogP contribution in [-0.2, 0) is 9.53 Å². The van der Waals surface area contributed by atoms with E-state index in [-0.39, 0.29) is 17.2 Å². The van der Waals surface area contributed by atoms with Gasteiger partial charge in [0, 0.05) is 31.6 Å². The number of benzene rings is 1. The molecule has 0 N–H and O–H groups in total. The molecule has 1 saturated heterocycles. The van der Waals surface area contributed by atoms with E-state index in [9.17, 15) is 19.2 Å². The Balaban J connectivity index is 1.32. The second-order valence-corrected chi connectivity index (χ2v) is 6.71. The largest absolute Gasteiger partial charge is 0.459 e. The van der Waals surface area contributed by atoms with E-state index in [1.165, 1.54) is 17.2 Å². The molecule has 1 fully saturated rings. The predicted molar refractivity (Wildman–Crippen MR) is 104 cm³/mol. The van der Waals surface area contributed by atoms with Crippen molar-refractivity contribution < 1.29 is 28.0 Å². The maximum atomic E-state index is 12.4. The van der Waals surface area contributed by atoms with Gasteiger partial charge in [-0.15, -0.1) is 0 Å². The first kappa shape index (κ1) is 19.4. The van der Waals surface area contributed by atoms with Crippen LogP contribution in [0.1, 0.15) is 20.9 Å². The molecule has 0 spiro atoms. The number of hydrogen-bond donors (Lipinski definition) is 0. The molecule has 30 heavy (non-hydrogen) atoms. The van der Waals surface area contributed by atoms with E-state index >= 15 is 0 Å². The maximum Gasteiger partial charge on any atom is 0.351 e. The third-order valence-corrected chi connectivity index (χ3v) is 4.84. The molecular formula is C21H18N2O7. The van der Waals surface area contributed by atoms with Crippen LogP contribution in [-0.4, -0.2) is 60.4 Å². The monoisotopic (exact) mass is 410 g/mol. The van der Waals surface area contributed by atoms with Crippen LogP contribution in [0, 0.1) is 0 Å². The summed E-state index contributed by atoms with van der Waals surface area (Å²) in [6.07, 6.45) is 1.43. The van der Waals surface area contributed by atoms with Gasteiger partial charge in [-0.25, -0.2) is 9.59 Å². The summed E-state index contributed by atoms with van der Waals surface area (Å²) in [5.41, 5.74) is -0.733. The number of carbonyl (C=O) groups excluding carboxylic acids is 3. The summed E-state index contributed by atoms with van der Waals surface area (Å²) in [6, 6.07) is 11.4. The Morgan fingerprint density at radius 2 is 1.70 bits per heavy atom. The molecule has 9 heteroatoms. The molecule has 0 unspecified atom stereocenters. The van der Waals surface area contributed by atoms with Gasteiger partial charge in [0.1, 0.15) is 11.1 Å². The van der Waals surface area contributed by atoms with E-state index in [1.54, 1.807) is 41.3 Å². The highest BCUT2D eigenvalue weighted by Crippen LogP contribution is 2.13. The predicted octanol–water partition coefficient (Wildman–Crippen LogP) is 1.53. The van der Waals surface area contributed by atoms with Crippen molar-refractivity contribution in [1.82, 2.24) is 9.80 Å². The zero-order valence-corrected chi connectivity index (χ0v) is 15.9. The van der Waals surface area contributed by atoms with Crippen LogP contribution in [0.25, 0.3) is 11.0 Å². The number of nitrogens with zero attached hydrogens (tertiary/aromatic N) is 2. The van der Waals surface area contributed by atoms with Crippen molar-refractivity contribution in [2.24, 2.45) is 0 Å². The first-order valence-electron chi connectivity index (χ1n) is 9.33. The van der Waals surface area contributed by atoms with Gasteiger partial charge >= 0.3 is 11.6 Å². The Morgan fingerprint density at radius 1 is 0.967 bits per heavy atom. The van der Waals surface area contributed by atoms with E-state index in [0.29, 0.717) is 37.1 Å². The molecule has 1 aliphatic heterocycles. The van der Waals surface area contributed by atoms with Crippen LogP contribution in [0.3, 0.4) is 0 Å². The Morgan fingerprint density at radius 3 is 2.43 bits per heavy atom. The molecule has 4 rings (SSSR count). The molecule has 9 nitrogen and oxygen atoms in total. The smallest absolute Gasteiger partial charge is 0.351 e. The van der Waals surface area contributed by atoms with Gasteiger partial charge < -0.3 is 23.4 Å². The fourth-order valence-corrected chi connectivity index (χ4v) is 3.22. The summed E-state index contributed by atoms with van der Waals surface area (Å²) in [5, 5.41) is 0.577. The molecule has 0 radical (unpaired) electrons. The molecule has 2 aromatic heterocycles. The third-order valence-electron chi connectivity index (χ3n) is 4.84. The van der Waals surface area contributed by atoms with Gasteiger partial charge in [0.05, 0.1) is 6.26 Å². The minimum atomic E-state index is -0.922. The fourth-order valence-electron chi connectivity index (χ4n) is 3.22. The minimum Gasteiger partial charge on any atom is -0.459 e. The minimum absolute atomic E-state index is 0.235. The molecule has 1 aliphatic rings. The number of fused-ring (bicyclic) bond motifs is 1. The molecule has 1 aromatic carbocycles. The standard InChI is InChI=1S/C21H18N2O7/c24-18(22-7-9-23(10-8-22)19(25)17-6-3-11-28-17)13-29-20(26)15-12-14-4-1-2-5-16(14)30-21(15)27/h1-6,11-12H,7-10,13H2. The third kappa shape index (κ3) is 3.95. The van der Waals surface area contributed by atoms with Crippen molar-refractivity contribution >= 4 is 28.8 Å². The van der Waals surface area contributed by atoms with Gasteiger partial charge in [0.2, 0.25) is 0 Å². The van der Waals surface area contributed by atoms with Crippen LogP contribution in [0.15, 0.2) is 62.4 Å². The van der Waals surface area contributed by atoms with Crippen molar-refractivity contribution in [1.29, 1.82) is 0 Å². The van der Waals surface area contributed by atoms with Gasteiger partial charge in [-0.05, 0) is 24.3 Å². The van der Waals surface area contributed by atoms with Crippen molar-refractivity contribution in [2.45, 2.75) is 0 Å². The van der Waals surface area contributed by atoms with Crippen LogP contribution >= 0.6 is 0 Å². The van der Waals surface area contributed by atoms with Crippen LogP contribution < -0.4 is 5.63 Å². The van der Waals surface area contributed by atoms with Crippen molar-refractivity contribution in [3.05, 3.63) is 70.5 Å². The highest BCUT2D eigenvalue weighted by Gasteiger charge is 2.27. The lowest BCUT2D eigenvalue weighted by molar-refractivity contribution is -0.136. The quantitative estimate of drug-likeness (QED) is 0.474. The topological polar surface area (TPSA) is 110 Å². The fraction of sp³-hybridized carbons (Fsp3) is 0.238. The average molecular weight is 410 g/mol. The van der Waals surface area contributed by atoms with Crippen molar-refractivity contribution in [2.75, 3.05) is 32.8 Å². The van der Waals surface area contributed by atoms with Crippen LogP contribution in [0.5, 0.6) is 0 Å². The highest BCUT2D eigenvalue weighted by atomic mass is 16.5. The number of hydrogen-bond acceptors (Lipinski definition) is 7. The highest BCUT2D eigenvalue weighted by molar-refractivity contribution is 5.94. The van der Waals surface area contributed by atoms with Crippen LogP contribution in [0.4, 0.5) is 0 Å². The normalized spacial score (nSPS) is 14.0. The Hall–Kier alpha value is -3.88. The maximum absolute atomic E-state index is 12.4. The number of amides is 2. The SMILES string of the molecule is O=C(OCC(=O)N1CCN(C(=O)c2ccco2)CC1)c1cc2ccccc2oc1=O. The zero-order chi connectivity index (χ0) is 21.1. The van der Waals surface area contributed by atoms with E-state index < -0.39 is 24.1 Å². The summed E-state index contributed by atoms with van der Waals surface area (Å²) in [5.74, 6) is -1.31. The Kier molecular flexibility index (Phi) is 5.34. The first-order valence-corrected chi connectivity index (χ1v) is 9.33.